The average molecular weight is 576 g/mol. The van der Waals surface area contributed by atoms with Crippen LogP contribution >= 0.6 is 0 Å². The topological polar surface area (TPSA) is 157 Å². The Labute approximate surface area is 251 Å². The minimum atomic E-state index is -0.0355. The standard InChI is InChI=1S/C32H37N11/c1-4-22-13-9-11-17-25(22)35-31-39-27(37-29(33)41-31)19-43(21(3)24-15-7-6-8-16-24)20-28-38-30(34)42-32(40-28)36-26-18-12-10-14-23(26)5-2/h6-18,21H,4-5,19-20H2,1-3H3,(H3,33,35,37,39,41)(H3,34,36,38,40,42). The van der Waals surface area contributed by atoms with Crippen LogP contribution in [-0.4, -0.2) is 34.8 Å². The quantitative estimate of drug-likeness (QED) is 0.147. The van der Waals surface area contributed by atoms with Crippen molar-refractivity contribution < 1.29 is 0 Å². The molecule has 6 N–H and O–H groups in total. The number of nitrogen functional groups attached to an aromatic ring is 2. The van der Waals surface area contributed by atoms with Crippen molar-refractivity contribution in [2.24, 2.45) is 0 Å². The van der Waals surface area contributed by atoms with Crippen molar-refractivity contribution >= 4 is 35.2 Å². The Kier molecular flexibility index (Phi) is 9.33. The first kappa shape index (κ1) is 29.3. The van der Waals surface area contributed by atoms with E-state index in [1.54, 1.807) is 0 Å². The van der Waals surface area contributed by atoms with Gasteiger partial charge in [0.05, 0.1) is 13.1 Å². The molecule has 0 aliphatic rings. The molecule has 0 fully saturated rings. The number of para-hydroxylation sites is 2. The molecule has 0 saturated heterocycles. The highest BCUT2D eigenvalue weighted by Crippen LogP contribution is 2.26. The molecule has 220 valence electrons. The van der Waals surface area contributed by atoms with E-state index in [-0.39, 0.29) is 17.9 Å². The van der Waals surface area contributed by atoms with E-state index in [1.807, 2.05) is 54.6 Å². The van der Waals surface area contributed by atoms with Crippen LogP contribution in [0.1, 0.15) is 55.2 Å². The first-order valence-corrected chi connectivity index (χ1v) is 14.4. The second-order valence-electron chi connectivity index (χ2n) is 10.1. The fourth-order valence-corrected chi connectivity index (χ4v) is 4.91. The molecule has 11 nitrogen and oxygen atoms in total. The molecule has 0 aliphatic carbocycles. The summed E-state index contributed by atoms with van der Waals surface area (Å²) in [6, 6.07) is 26.3. The van der Waals surface area contributed by atoms with Crippen molar-refractivity contribution in [1.29, 1.82) is 0 Å². The van der Waals surface area contributed by atoms with E-state index in [0.717, 1.165) is 40.9 Å². The Hall–Kier alpha value is -5.16. The summed E-state index contributed by atoms with van der Waals surface area (Å²) in [4.78, 5) is 29.3. The second kappa shape index (κ2) is 13.7. The lowest BCUT2D eigenvalue weighted by Crippen LogP contribution is -2.29. The number of nitrogens with zero attached hydrogens (tertiary/aromatic N) is 7. The van der Waals surface area contributed by atoms with Crippen molar-refractivity contribution in [3.05, 3.63) is 107 Å². The summed E-state index contributed by atoms with van der Waals surface area (Å²) in [6.07, 6.45) is 1.74. The van der Waals surface area contributed by atoms with Gasteiger partial charge in [0.25, 0.3) is 0 Å². The van der Waals surface area contributed by atoms with Crippen molar-refractivity contribution in [3.63, 3.8) is 0 Å². The lowest BCUT2D eigenvalue weighted by molar-refractivity contribution is 0.182. The number of nitrogens with one attached hydrogen (secondary N) is 2. The van der Waals surface area contributed by atoms with Gasteiger partial charge >= 0.3 is 0 Å². The highest BCUT2D eigenvalue weighted by molar-refractivity contribution is 5.59. The molecule has 0 saturated carbocycles. The van der Waals surface area contributed by atoms with Crippen molar-refractivity contribution in [1.82, 2.24) is 34.8 Å². The van der Waals surface area contributed by atoms with Gasteiger partial charge in [-0.1, -0.05) is 80.6 Å². The molecule has 5 aromatic rings. The van der Waals surface area contributed by atoms with E-state index in [0.29, 0.717) is 36.6 Å². The highest BCUT2D eigenvalue weighted by Gasteiger charge is 2.21. The molecule has 3 aromatic carbocycles. The van der Waals surface area contributed by atoms with Gasteiger partial charge in [0.15, 0.2) is 0 Å². The summed E-state index contributed by atoms with van der Waals surface area (Å²) in [7, 11) is 0. The van der Waals surface area contributed by atoms with Gasteiger partial charge in [0, 0.05) is 17.4 Å². The normalized spacial score (nSPS) is 11.8. The molecule has 2 heterocycles. The fraction of sp³-hybridized carbons (Fsp3) is 0.250. The summed E-state index contributed by atoms with van der Waals surface area (Å²) < 4.78 is 0. The van der Waals surface area contributed by atoms with Gasteiger partial charge in [-0.25, -0.2) is 0 Å². The largest absolute Gasteiger partial charge is 0.368 e. The Balaban J connectivity index is 1.44. The second-order valence-corrected chi connectivity index (χ2v) is 10.1. The van der Waals surface area contributed by atoms with E-state index < -0.39 is 0 Å². The number of rotatable bonds is 12. The Bertz CT molecular complexity index is 1560. The number of benzene rings is 3. The van der Waals surface area contributed by atoms with Crippen LogP contribution in [0.5, 0.6) is 0 Å². The molecule has 11 heteroatoms. The maximum Gasteiger partial charge on any atom is 0.232 e. The molecule has 5 rings (SSSR count). The molecule has 2 aromatic heterocycles. The summed E-state index contributed by atoms with van der Waals surface area (Å²) in [5.74, 6) is 2.09. The number of hydrogen-bond acceptors (Lipinski definition) is 11. The smallest absolute Gasteiger partial charge is 0.232 e. The lowest BCUT2D eigenvalue weighted by Gasteiger charge is -2.28. The van der Waals surface area contributed by atoms with Crippen LogP contribution in [0.15, 0.2) is 78.9 Å². The molecule has 0 aliphatic heterocycles. The molecule has 0 spiro atoms. The van der Waals surface area contributed by atoms with Crippen LogP contribution in [-0.2, 0) is 25.9 Å². The molecule has 1 atom stereocenters. The summed E-state index contributed by atoms with van der Waals surface area (Å²) in [5, 5.41) is 6.63. The Morgan fingerprint density at radius 2 is 1.05 bits per heavy atom. The zero-order chi connectivity index (χ0) is 30.2. The van der Waals surface area contributed by atoms with Crippen LogP contribution < -0.4 is 22.1 Å². The maximum atomic E-state index is 6.16. The van der Waals surface area contributed by atoms with Gasteiger partial charge in [-0.2, -0.15) is 29.9 Å². The molecule has 0 amide bonds. The van der Waals surface area contributed by atoms with Crippen molar-refractivity contribution in [2.45, 2.75) is 52.7 Å². The maximum absolute atomic E-state index is 6.16. The third kappa shape index (κ3) is 7.57. The molecular weight excluding hydrogens is 538 g/mol. The van der Waals surface area contributed by atoms with Crippen LogP contribution in [0, 0.1) is 0 Å². The molecular formula is C32H37N11. The number of hydrogen-bond donors (Lipinski definition) is 4. The summed E-state index contributed by atoms with van der Waals surface area (Å²) >= 11 is 0. The van der Waals surface area contributed by atoms with Gasteiger partial charge in [0.2, 0.25) is 23.8 Å². The zero-order valence-corrected chi connectivity index (χ0v) is 24.7. The number of aromatic nitrogens is 6. The van der Waals surface area contributed by atoms with E-state index in [4.69, 9.17) is 21.4 Å². The van der Waals surface area contributed by atoms with E-state index >= 15 is 0 Å². The zero-order valence-electron chi connectivity index (χ0n) is 24.7. The van der Waals surface area contributed by atoms with Crippen molar-refractivity contribution in [3.8, 4) is 0 Å². The number of anilines is 6. The first-order chi connectivity index (χ1) is 20.9. The Morgan fingerprint density at radius 3 is 1.51 bits per heavy atom. The van der Waals surface area contributed by atoms with Gasteiger partial charge in [-0.3, -0.25) is 4.90 Å². The Morgan fingerprint density at radius 1 is 0.605 bits per heavy atom. The monoisotopic (exact) mass is 575 g/mol. The van der Waals surface area contributed by atoms with E-state index in [1.165, 1.54) is 0 Å². The average Bonchev–Trinajstić information content (AvgIpc) is 3.01. The highest BCUT2D eigenvalue weighted by atomic mass is 15.3. The SMILES string of the molecule is CCc1ccccc1Nc1nc(N)nc(CN(Cc2nc(N)nc(Nc3ccccc3CC)n2)C(C)c2ccccc2)n1. The predicted molar refractivity (Wildman–Crippen MR) is 171 cm³/mol. The van der Waals surface area contributed by atoms with Gasteiger partial charge in [-0.05, 0) is 48.6 Å². The molecule has 0 radical (unpaired) electrons. The molecule has 0 bridgehead atoms. The third-order valence-corrected chi connectivity index (χ3v) is 7.21. The number of nitrogens with two attached hydrogens (primary N) is 2. The van der Waals surface area contributed by atoms with Crippen molar-refractivity contribution in [2.75, 3.05) is 22.1 Å². The lowest BCUT2D eigenvalue weighted by atomic mass is 10.1. The summed E-state index contributed by atoms with van der Waals surface area (Å²) in [6.45, 7) is 7.06. The summed E-state index contributed by atoms with van der Waals surface area (Å²) in [5.41, 5.74) is 17.6. The third-order valence-electron chi connectivity index (χ3n) is 7.21. The van der Waals surface area contributed by atoms with E-state index in [9.17, 15) is 0 Å². The fourth-order valence-electron chi connectivity index (χ4n) is 4.91. The van der Waals surface area contributed by atoms with Gasteiger partial charge in [-0.15, -0.1) is 0 Å². The van der Waals surface area contributed by atoms with Crippen LogP contribution in [0.3, 0.4) is 0 Å². The predicted octanol–water partition coefficient (Wildman–Crippen LogP) is 5.60. The molecule has 43 heavy (non-hydrogen) atoms. The van der Waals surface area contributed by atoms with Gasteiger partial charge in [0.1, 0.15) is 11.6 Å². The van der Waals surface area contributed by atoms with Gasteiger partial charge < -0.3 is 22.1 Å². The van der Waals surface area contributed by atoms with Crippen LogP contribution in [0.2, 0.25) is 0 Å². The molecule has 1 unspecified atom stereocenters. The van der Waals surface area contributed by atoms with Crippen LogP contribution in [0.25, 0.3) is 0 Å². The van der Waals surface area contributed by atoms with Crippen LogP contribution in [0.4, 0.5) is 35.2 Å². The first-order valence-electron chi connectivity index (χ1n) is 14.4. The van der Waals surface area contributed by atoms with E-state index in [2.05, 4.69) is 80.5 Å². The minimum Gasteiger partial charge on any atom is -0.368 e. The number of aryl methyl sites for hydroxylation is 2. The minimum absolute atomic E-state index is 0.0355.